The summed E-state index contributed by atoms with van der Waals surface area (Å²) in [6.07, 6.45) is 9.89. The van der Waals surface area contributed by atoms with Gasteiger partial charge in [0.2, 0.25) is 5.91 Å². The molecule has 1 aliphatic heterocycles. The number of allylic oxidation sites excluding steroid dienone is 2. The van der Waals surface area contributed by atoms with Gasteiger partial charge in [0.15, 0.2) is 5.78 Å². The highest BCUT2D eigenvalue weighted by Crippen LogP contribution is 2.77. The quantitative estimate of drug-likeness (QED) is 0.224. The predicted octanol–water partition coefficient (Wildman–Crippen LogP) is 9.50. The Bertz CT molecular complexity index is 1890. The highest BCUT2D eigenvalue weighted by Gasteiger charge is 2.70. The number of carboxylic acids is 1. The third kappa shape index (κ3) is 6.63. The second-order valence-electron chi connectivity index (χ2n) is 22.5. The molecule has 2 N–H and O–H groups in total. The summed E-state index contributed by atoms with van der Waals surface area (Å²) in [5.74, 6) is 0.373. The van der Waals surface area contributed by atoms with Gasteiger partial charge >= 0.3 is 11.9 Å². The smallest absolute Gasteiger partial charge is 0.309 e. The first-order valence-electron chi connectivity index (χ1n) is 23.0. The second-order valence-corrected chi connectivity index (χ2v) is 22.5. The molecule has 1 heterocycles. The van der Waals surface area contributed by atoms with Gasteiger partial charge in [0.1, 0.15) is 18.0 Å². The van der Waals surface area contributed by atoms with Gasteiger partial charge in [0, 0.05) is 36.6 Å². The lowest BCUT2D eigenvalue weighted by molar-refractivity contribution is -0.236. The summed E-state index contributed by atoms with van der Waals surface area (Å²) in [7, 11) is 0. The van der Waals surface area contributed by atoms with Crippen LogP contribution in [0.15, 0.2) is 35.4 Å². The van der Waals surface area contributed by atoms with Crippen LogP contribution in [-0.4, -0.2) is 54.2 Å². The van der Waals surface area contributed by atoms with Gasteiger partial charge in [-0.1, -0.05) is 80.0 Å². The first-order chi connectivity index (χ1) is 27.7. The summed E-state index contributed by atoms with van der Waals surface area (Å²) >= 11 is 0. The van der Waals surface area contributed by atoms with Gasteiger partial charge in [-0.2, -0.15) is 0 Å². The maximum absolute atomic E-state index is 14.1. The van der Waals surface area contributed by atoms with Crippen molar-refractivity contribution in [2.24, 2.45) is 68.0 Å². The number of ether oxygens (including phenoxy) is 3. The molecule has 9 heteroatoms. The Kier molecular flexibility index (Phi) is 10.6. The maximum atomic E-state index is 14.1. The molecule has 324 valence electrons. The van der Waals surface area contributed by atoms with E-state index in [-0.39, 0.29) is 69.3 Å². The van der Waals surface area contributed by atoms with Gasteiger partial charge in [-0.15, -0.1) is 0 Å². The van der Waals surface area contributed by atoms with E-state index in [1.165, 1.54) is 5.57 Å². The largest absolute Gasteiger partial charge is 0.488 e. The van der Waals surface area contributed by atoms with Gasteiger partial charge < -0.3 is 24.6 Å². The van der Waals surface area contributed by atoms with Crippen LogP contribution in [0, 0.1) is 68.0 Å². The number of hydrogen-bond acceptors (Lipinski definition) is 7. The standard InChI is InChI=1S/C50H71NO8/c1-29(2)41-36(52)25-50(26-40(53)51-27-30-10-12-31(13-11-30)58-32-18-23-57-28-32)22-21-48(8)33(42(41)50)14-15-38-47(7)19-17-39(46(5,6)37(47)16-20-49(38,48)9)59-44(56)35-24-34(43(54)55)45(35,3)4/h10-13,29,32-35,37-39H,14-28H2,1-9H3,(H,51,53)(H,54,55)/t32-,33-,34+,35-,37+,38-,39+,47+,48-,49-,50+/m1/s1. The van der Waals surface area contributed by atoms with E-state index in [1.807, 2.05) is 38.1 Å². The van der Waals surface area contributed by atoms with E-state index in [0.29, 0.717) is 44.2 Å². The Hall–Kier alpha value is -3.20. The van der Waals surface area contributed by atoms with E-state index in [4.69, 9.17) is 14.2 Å². The number of carbonyl (C=O) groups excluding carboxylic acids is 3. The molecule has 0 unspecified atom stereocenters. The molecule has 0 spiro atoms. The lowest BCUT2D eigenvalue weighted by Crippen LogP contribution is -2.66. The number of aliphatic carboxylic acids is 1. The molecule has 1 aromatic carbocycles. The van der Waals surface area contributed by atoms with Gasteiger partial charge in [-0.25, -0.2) is 0 Å². The van der Waals surface area contributed by atoms with E-state index in [0.717, 1.165) is 81.3 Å². The fourth-order valence-corrected chi connectivity index (χ4v) is 15.2. The number of fused-ring (bicyclic) bond motifs is 7. The van der Waals surface area contributed by atoms with Crippen LogP contribution in [0.3, 0.4) is 0 Å². The summed E-state index contributed by atoms with van der Waals surface area (Å²) < 4.78 is 17.9. The molecule has 0 aromatic heterocycles. The van der Waals surface area contributed by atoms with E-state index >= 15 is 0 Å². The Morgan fingerprint density at radius 2 is 1.58 bits per heavy atom. The predicted molar refractivity (Wildman–Crippen MR) is 225 cm³/mol. The Morgan fingerprint density at radius 3 is 2.22 bits per heavy atom. The number of ketones is 1. The molecule has 1 saturated heterocycles. The van der Waals surface area contributed by atoms with Crippen molar-refractivity contribution in [1.29, 1.82) is 0 Å². The maximum Gasteiger partial charge on any atom is 0.309 e. The van der Waals surface area contributed by atoms with Crippen molar-refractivity contribution in [1.82, 2.24) is 5.32 Å². The van der Waals surface area contributed by atoms with Crippen LogP contribution >= 0.6 is 0 Å². The summed E-state index contributed by atoms with van der Waals surface area (Å²) in [6.45, 7) is 22.2. The number of carboxylic acid groups (broad SMARTS) is 1. The Morgan fingerprint density at radius 1 is 0.847 bits per heavy atom. The number of nitrogens with one attached hydrogen (secondary N) is 1. The van der Waals surface area contributed by atoms with Crippen LogP contribution in [-0.2, 0) is 35.2 Å². The molecule has 11 atom stereocenters. The molecule has 5 saturated carbocycles. The number of esters is 1. The lowest BCUT2D eigenvalue weighted by Gasteiger charge is -2.72. The average Bonchev–Trinajstić information content (AvgIpc) is 3.77. The Labute approximate surface area is 352 Å². The highest BCUT2D eigenvalue weighted by atomic mass is 16.6. The van der Waals surface area contributed by atoms with Crippen molar-refractivity contribution < 1.29 is 38.5 Å². The molecule has 9 nitrogen and oxygen atoms in total. The summed E-state index contributed by atoms with van der Waals surface area (Å²) in [4.78, 5) is 53.6. The SMILES string of the molecule is CC(C)C1=C2[C@H]3CC[C@@H]4[C@@]5(C)CC[C@H](OC(=O)[C@H]6C[C@@H](C(=O)O)C6(C)C)C(C)(C)[C@@H]5CC[C@@]4(C)[C@]3(C)CC[C@@]2(CC(=O)NCc2ccc(O[C@@H]3CCOC3)cc2)CC1=O. The van der Waals surface area contributed by atoms with Crippen LogP contribution < -0.4 is 10.1 Å². The number of hydrogen-bond donors (Lipinski definition) is 2. The molecule has 1 amide bonds. The summed E-state index contributed by atoms with van der Waals surface area (Å²) in [5, 5.41) is 12.9. The monoisotopic (exact) mass is 814 g/mol. The van der Waals surface area contributed by atoms with Crippen molar-refractivity contribution in [3.63, 3.8) is 0 Å². The van der Waals surface area contributed by atoms with Crippen LogP contribution in [0.2, 0.25) is 0 Å². The molecular weight excluding hydrogens is 743 g/mol. The van der Waals surface area contributed by atoms with Crippen LogP contribution in [0.4, 0.5) is 0 Å². The number of carbonyl (C=O) groups is 4. The number of benzene rings is 1. The van der Waals surface area contributed by atoms with Crippen LogP contribution in [0.25, 0.3) is 0 Å². The van der Waals surface area contributed by atoms with Gasteiger partial charge in [-0.05, 0) is 126 Å². The minimum absolute atomic E-state index is 0.0116. The lowest BCUT2D eigenvalue weighted by atomic mass is 9.33. The summed E-state index contributed by atoms with van der Waals surface area (Å²) in [6, 6.07) is 7.96. The van der Waals surface area contributed by atoms with Crippen LogP contribution in [0.5, 0.6) is 5.75 Å². The normalized spacial score (nSPS) is 40.6. The molecule has 7 aliphatic rings. The zero-order valence-corrected chi connectivity index (χ0v) is 37.3. The topological polar surface area (TPSA) is 128 Å². The molecule has 8 rings (SSSR count). The molecular formula is C50H71NO8. The summed E-state index contributed by atoms with van der Waals surface area (Å²) in [5.41, 5.74) is 2.20. The van der Waals surface area contributed by atoms with Crippen molar-refractivity contribution in [3.8, 4) is 5.75 Å². The fourth-order valence-electron chi connectivity index (χ4n) is 15.2. The molecule has 59 heavy (non-hydrogen) atoms. The van der Waals surface area contributed by atoms with Crippen LogP contribution in [0.1, 0.15) is 145 Å². The molecule has 0 bridgehead atoms. The van der Waals surface area contributed by atoms with Gasteiger partial charge in [0.05, 0.1) is 25.0 Å². The minimum Gasteiger partial charge on any atom is -0.488 e. The van der Waals surface area contributed by atoms with E-state index in [2.05, 4.69) is 53.8 Å². The zero-order valence-electron chi connectivity index (χ0n) is 37.3. The molecule has 6 fully saturated rings. The number of amides is 1. The first kappa shape index (κ1) is 42.5. The van der Waals surface area contributed by atoms with Gasteiger partial charge in [-0.3, -0.25) is 19.2 Å². The average molecular weight is 814 g/mol. The molecule has 6 aliphatic carbocycles. The van der Waals surface area contributed by atoms with Crippen molar-refractivity contribution in [2.75, 3.05) is 13.2 Å². The third-order valence-corrected chi connectivity index (χ3v) is 18.7. The van der Waals surface area contributed by atoms with E-state index in [9.17, 15) is 24.3 Å². The van der Waals surface area contributed by atoms with Crippen molar-refractivity contribution in [3.05, 3.63) is 41.0 Å². The number of rotatable bonds is 10. The molecule has 1 aromatic rings. The fraction of sp³-hybridized carbons (Fsp3) is 0.760. The van der Waals surface area contributed by atoms with Crippen molar-refractivity contribution >= 4 is 23.6 Å². The van der Waals surface area contributed by atoms with Crippen molar-refractivity contribution in [2.45, 2.75) is 158 Å². The zero-order chi connectivity index (χ0) is 42.5. The molecule has 0 radical (unpaired) electrons. The van der Waals surface area contributed by atoms with Gasteiger partial charge in [0.25, 0.3) is 0 Å². The Balaban J connectivity index is 0.985. The highest BCUT2D eigenvalue weighted by molar-refractivity contribution is 6.01. The minimum atomic E-state index is -0.832. The third-order valence-electron chi connectivity index (χ3n) is 18.7. The second kappa shape index (κ2) is 14.7. The number of Topliss-reactive ketones (excluding diaryl/α,β-unsaturated/α-hetero) is 1. The van der Waals surface area contributed by atoms with E-state index < -0.39 is 22.7 Å². The van der Waals surface area contributed by atoms with E-state index in [1.54, 1.807) is 0 Å². The first-order valence-corrected chi connectivity index (χ1v) is 23.0.